The van der Waals surface area contributed by atoms with Crippen molar-refractivity contribution in [3.8, 4) is 11.5 Å². The van der Waals surface area contributed by atoms with E-state index < -0.39 is 0 Å². The van der Waals surface area contributed by atoms with E-state index in [1.165, 1.54) is 11.6 Å². The molecule has 0 atom stereocenters. The van der Waals surface area contributed by atoms with E-state index in [1.54, 1.807) is 13.2 Å². The molecule has 0 aliphatic rings. The van der Waals surface area contributed by atoms with Gasteiger partial charge in [-0.25, -0.2) is 0 Å². The van der Waals surface area contributed by atoms with E-state index in [0.717, 1.165) is 23.5 Å². The first kappa shape index (κ1) is 17.6. The average molecular weight is 325 g/mol. The molecule has 2 aromatic rings. The van der Waals surface area contributed by atoms with E-state index in [0.29, 0.717) is 13.2 Å². The number of benzene rings is 2. The average Bonchev–Trinajstić information content (AvgIpc) is 2.60. The van der Waals surface area contributed by atoms with Crippen molar-refractivity contribution in [2.45, 2.75) is 13.3 Å². The topological polar surface area (TPSA) is 47.6 Å². The molecule has 1 amide bonds. The van der Waals surface area contributed by atoms with Crippen LogP contribution >= 0.6 is 0 Å². The summed E-state index contributed by atoms with van der Waals surface area (Å²) in [5.74, 6) is 1.55. The van der Waals surface area contributed by atoms with Gasteiger partial charge >= 0.3 is 0 Å². The second-order valence-corrected chi connectivity index (χ2v) is 5.42. The molecule has 4 heteroatoms. The van der Waals surface area contributed by atoms with Crippen LogP contribution in [0.15, 0.2) is 54.6 Å². The zero-order valence-electron chi connectivity index (χ0n) is 14.1. The number of carbonyl (C=O) groups is 1. The standard InChI is InChI=1S/C20H23NO3/c1-16-5-3-6-19(15-16)24-14-4-13-21-20(22)12-9-17-7-10-18(23-2)11-8-17/h3,5-12,15H,4,13-14H2,1-2H3,(H,21,22)/b12-9+. The number of carbonyl (C=O) groups excluding carboxylic acids is 1. The highest BCUT2D eigenvalue weighted by atomic mass is 16.5. The van der Waals surface area contributed by atoms with E-state index in [2.05, 4.69) is 5.32 Å². The molecule has 0 aromatic heterocycles. The molecule has 0 heterocycles. The zero-order valence-corrected chi connectivity index (χ0v) is 14.1. The lowest BCUT2D eigenvalue weighted by Crippen LogP contribution is -2.23. The third kappa shape index (κ3) is 6.16. The van der Waals surface area contributed by atoms with Gasteiger partial charge in [-0.15, -0.1) is 0 Å². The molecule has 2 rings (SSSR count). The molecule has 0 fully saturated rings. The van der Waals surface area contributed by atoms with Gasteiger partial charge in [0.1, 0.15) is 11.5 Å². The molecule has 1 N–H and O–H groups in total. The lowest BCUT2D eigenvalue weighted by atomic mass is 10.2. The van der Waals surface area contributed by atoms with Crippen molar-refractivity contribution in [2.24, 2.45) is 0 Å². The fraction of sp³-hybridized carbons (Fsp3) is 0.250. The predicted octanol–water partition coefficient (Wildman–Crippen LogP) is 3.60. The molecule has 0 radical (unpaired) electrons. The number of aryl methyl sites for hydroxylation is 1. The fourth-order valence-corrected chi connectivity index (χ4v) is 2.12. The second kappa shape index (κ2) is 9.40. The Morgan fingerprint density at radius 3 is 2.62 bits per heavy atom. The molecule has 0 unspecified atom stereocenters. The number of hydrogen-bond acceptors (Lipinski definition) is 3. The maximum Gasteiger partial charge on any atom is 0.244 e. The van der Waals surface area contributed by atoms with Crippen LogP contribution in [0.3, 0.4) is 0 Å². The van der Waals surface area contributed by atoms with Crippen LogP contribution in [-0.4, -0.2) is 26.2 Å². The quantitative estimate of drug-likeness (QED) is 0.596. The van der Waals surface area contributed by atoms with Gasteiger partial charge in [-0.2, -0.15) is 0 Å². The number of hydrogen-bond donors (Lipinski definition) is 1. The van der Waals surface area contributed by atoms with Gasteiger partial charge < -0.3 is 14.8 Å². The monoisotopic (exact) mass is 325 g/mol. The third-order valence-corrected chi connectivity index (χ3v) is 3.42. The number of ether oxygens (including phenoxy) is 2. The lowest BCUT2D eigenvalue weighted by molar-refractivity contribution is -0.116. The smallest absolute Gasteiger partial charge is 0.244 e. The molecule has 2 aromatic carbocycles. The summed E-state index contributed by atoms with van der Waals surface area (Å²) in [5, 5.41) is 2.84. The Balaban J connectivity index is 1.64. The van der Waals surface area contributed by atoms with E-state index in [4.69, 9.17) is 9.47 Å². The van der Waals surface area contributed by atoms with Gasteiger partial charge in [-0.05, 0) is 54.8 Å². The lowest BCUT2D eigenvalue weighted by Gasteiger charge is -2.07. The Morgan fingerprint density at radius 2 is 1.92 bits per heavy atom. The number of nitrogens with one attached hydrogen (secondary N) is 1. The van der Waals surface area contributed by atoms with Crippen molar-refractivity contribution >= 4 is 12.0 Å². The zero-order chi connectivity index (χ0) is 17.2. The molecule has 0 saturated carbocycles. The molecule has 0 aliphatic carbocycles. The number of rotatable bonds is 8. The Labute approximate surface area is 143 Å². The van der Waals surface area contributed by atoms with Crippen LogP contribution < -0.4 is 14.8 Å². The summed E-state index contributed by atoms with van der Waals surface area (Å²) >= 11 is 0. The van der Waals surface area contributed by atoms with Gasteiger partial charge in [0.2, 0.25) is 5.91 Å². The van der Waals surface area contributed by atoms with Gasteiger partial charge in [0.25, 0.3) is 0 Å². The summed E-state index contributed by atoms with van der Waals surface area (Å²) in [7, 11) is 1.63. The van der Waals surface area contributed by atoms with Crippen molar-refractivity contribution in [3.05, 3.63) is 65.7 Å². The SMILES string of the molecule is COc1ccc(/C=C/C(=O)NCCCOc2cccc(C)c2)cc1. The van der Waals surface area contributed by atoms with Crippen molar-refractivity contribution in [2.75, 3.05) is 20.3 Å². The van der Waals surface area contributed by atoms with Crippen LogP contribution in [0, 0.1) is 6.92 Å². The highest BCUT2D eigenvalue weighted by Gasteiger charge is 1.97. The third-order valence-electron chi connectivity index (χ3n) is 3.42. The molecular weight excluding hydrogens is 302 g/mol. The van der Waals surface area contributed by atoms with Crippen LogP contribution in [0.25, 0.3) is 6.08 Å². The van der Waals surface area contributed by atoms with E-state index >= 15 is 0 Å². The maximum absolute atomic E-state index is 11.8. The van der Waals surface area contributed by atoms with Crippen molar-refractivity contribution < 1.29 is 14.3 Å². The molecule has 0 saturated heterocycles. The molecule has 4 nitrogen and oxygen atoms in total. The fourth-order valence-electron chi connectivity index (χ4n) is 2.12. The normalized spacial score (nSPS) is 10.6. The summed E-state index contributed by atoms with van der Waals surface area (Å²) < 4.78 is 10.7. The van der Waals surface area contributed by atoms with Crippen LogP contribution in [0.1, 0.15) is 17.5 Å². The Hall–Kier alpha value is -2.75. The first-order valence-electron chi connectivity index (χ1n) is 7.97. The van der Waals surface area contributed by atoms with Gasteiger partial charge in [0, 0.05) is 12.6 Å². The summed E-state index contributed by atoms with van der Waals surface area (Å²) in [6.07, 6.45) is 4.07. The Bertz CT molecular complexity index is 678. The predicted molar refractivity (Wildman–Crippen MR) is 96.3 cm³/mol. The Kier molecular flexibility index (Phi) is 6.90. The highest BCUT2D eigenvalue weighted by Crippen LogP contribution is 2.13. The summed E-state index contributed by atoms with van der Waals surface area (Å²) in [4.78, 5) is 11.8. The first-order valence-corrected chi connectivity index (χ1v) is 7.97. The van der Waals surface area contributed by atoms with Gasteiger partial charge in [-0.3, -0.25) is 4.79 Å². The highest BCUT2D eigenvalue weighted by molar-refractivity contribution is 5.91. The summed E-state index contributed by atoms with van der Waals surface area (Å²) in [6.45, 7) is 3.19. The van der Waals surface area contributed by atoms with E-state index in [-0.39, 0.29) is 5.91 Å². The van der Waals surface area contributed by atoms with Crippen LogP contribution in [-0.2, 0) is 4.79 Å². The minimum Gasteiger partial charge on any atom is -0.497 e. The van der Waals surface area contributed by atoms with Gasteiger partial charge in [0.05, 0.1) is 13.7 Å². The van der Waals surface area contributed by atoms with Crippen LogP contribution in [0.2, 0.25) is 0 Å². The second-order valence-electron chi connectivity index (χ2n) is 5.42. The minimum atomic E-state index is -0.110. The summed E-state index contributed by atoms with van der Waals surface area (Å²) in [5.41, 5.74) is 2.12. The molecule has 24 heavy (non-hydrogen) atoms. The number of amides is 1. The summed E-state index contributed by atoms with van der Waals surface area (Å²) in [6, 6.07) is 15.5. The molecule has 0 bridgehead atoms. The van der Waals surface area contributed by atoms with Gasteiger partial charge in [-0.1, -0.05) is 24.3 Å². The van der Waals surface area contributed by atoms with Crippen LogP contribution in [0.4, 0.5) is 0 Å². The molecule has 126 valence electrons. The van der Waals surface area contributed by atoms with Crippen molar-refractivity contribution in [1.82, 2.24) is 5.32 Å². The molecule has 0 aliphatic heterocycles. The maximum atomic E-state index is 11.8. The minimum absolute atomic E-state index is 0.110. The Morgan fingerprint density at radius 1 is 1.12 bits per heavy atom. The van der Waals surface area contributed by atoms with Crippen molar-refractivity contribution in [1.29, 1.82) is 0 Å². The largest absolute Gasteiger partial charge is 0.497 e. The van der Waals surface area contributed by atoms with E-state index in [1.807, 2.05) is 55.5 Å². The van der Waals surface area contributed by atoms with Crippen LogP contribution in [0.5, 0.6) is 11.5 Å². The molecular formula is C20H23NO3. The number of methoxy groups -OCH3 is 1. The first-order chi connectivity index (χ1) is 11.7. The molecule has 0 spiro atoms. The van der Waals surface area contributed by atoms with Gasteiger partial charge in [0.15, 0.2) is 0 Å². The van der Waals surface area contributed by atoms with E-state index in [9.17, 15) is 4.79 Å². The van der Waals surface area contributed by atoms with Crippen molar-refractivity contribution in [3.63, 3.8) is 0 Å².